The van der Waals surface area contributed by atoms with Gasteiger partial charge in [0, 0.05) is 24.0 Å². The van der Waals surface area contributed by atoms with Gasteiger partial charge in [0.2, 0.25) is 5.91 Å². The Morgan fingerprint density at radius 3 is 2.83 bits per heavy atom. The maximum atomic E-state index is 12.6. The second-order valence-electron chi connectivity index (χ2n) is 5.99. The van der Waals surface area contributed by atoms with E-state index in [1.807, 2.05) is 41.3 Å². The normalized spacial score (nSPS) is 15.6. The number of hydrogen-bond donors (Lipinski definition) is 1. The summed E-state index contributed by atoms with van der Waals surface area (Å²) in [6.45, 7) is 2.17. The second-order valence-corrected chi connectivity index (χ2v) is 5.99. The summed E-state index contributed by atoms with van der Waals surface area (Å²) in [5.41, 5.74) is 3.15. The molecule has 0 radical (unpaired) electrons. The van der Waals surface area contributed by atoms with Crippen molar-refractivity contribution in [1.29, 1.82) is 0 Å². The van der Waals surface area contributed by atoms with Gasteiger partial charge in [-0.3, -0.25) is 4.79 Å². The van der Waals surface area contributed by atoms with Crippen molar-refractivity contribution in [2.24, 2.45) is 0 Å². The Morgan fingerprint density at radius 1 is 1.08 bits per heavy atom. The molecule has 0 saturated heterocycles. The van der Waals surface area contributed by atoms with Gasteiger partial charge in [-0.1, -0.05) is 18.2 Å². The average Bonchev–Trinajstić information content (AvgIpc) is 2.65. The second kappa shape index (κ2) is 6.43. The van der Waals surface area contributed by atoms with E-state index in [-0.39, 0.29) is 12.5 Å². The fraction of sp³-hybridized carbons (Fsp3) is 0.316. The van der Waals surface area contributed by atoms with E-state index in [0.29, 0.717) is 13.2 Å². The molecule has 0 bridgehead atoms. The van der Waals surface area contributed by atoms with Crippen LogP contribution >= 0.6 is 0 Å². The Hall–Kier alpha value is -2.69. The number of hydrogen-bond acceptors (Lipinski definition) is 4. The fourth-order valence-electron chi connectivity index (χ4n) is 3.22. The highest BCUT2D eigenvalue weighted by atomic mass is 16.6. The summed E-state index contributed by atoms with van der Waals surface area (Å²) in [5.74, 6) is 1.56. The number of para-hydroxylation sites is 1. The third-order valence-electron chi connectivity index (χ3n) is 4.40. The molecular weight excluding hydrogens is 304 g/mol. The number of carbonyl (C=O) groups excluding carboxylic acids is 1. The van der Waals surface area contributed by atoms with Crippen LogP contribution in [-0.2, 0) is 11.2 Å². The minimum atomic E-state index is 0.0806. The molecule has 0 aromatic heterocycles. The molecular formula is C19H20N2O3. The van der Waals surface area contributed by atoms with Crippen LogP contribution in [-0.4, -0.2) is 32.2 Å². The Labute approximate surface area is 141 Å². The molecule has 0 spiro atoms. The van der Waals surface area contributed by atoms with Crippen LogP contribution in [0.1, 0.15) is 12.0 Å². The molecule has 2 aromatic rings. The van der Waals surface area contributed by atoms with Crippen molar-refractivity contribution in [1.82, 2.24) is 0 Å². The number of benzene rings is 2. The fourth-order valence-corrected chi connectivity index (χ4v) is 3.22. The number of ether oxygens (including phenoxy) is 2. The largest absolute Gasteiger partial charge is 0.486 e. The van der Waals surface area contributed by atoms with Crippen LogP contribution in [0, 0.1) is 0 Å². The van der Waals surface area contributed by atoms with Crippen molar-refractivity contribution in [3.63, 3.8) is 0 Å². The molecule has 2 aliphatic rings. The van der Waals surface area contributed by atoms with Gasteiger partial charge in [-0.25, -0.2) is 0 Å². The maximum absolute atomic E-state index is 12.6. The van der Waals surface area contributed by atoms with Crippen molar-refractivity contribution >= 4 is 17.3 Å². The summed E-state index contributed by atoms with van der Waals surface area (Å²) >= 11 is 0. The Kier molecular flexibility index (Phi) is 3.99. The van der Waals surface area contributed by atoms with E-state index < -0.39 is 0 Å². The predicted octanol–water partition coefficient (Wildman–Crippen LogP) is 2.85. The highest BCUT2D eigenvalue weighted by molar-refractivity contribution is 5.97. The van der Waals surface area contributed by atoms with Gasteiger partial charge >= 0.3 is 0 Å². The first-order valence-corrected chi connectivity index (χ1v) is 8.33. The van der Waals surface area contributed by atoms with Crippen LogP contribution in [0.4, 0.5) is 11.4 Å². The van der Waals surface area contributed by atoms with Crippen LogP contribution in [0.3, 0.4) is 0 Å². The zero-order valence-corrected chi connectivity index (χ0v) is 13.5. The number of nitrogens with one attached hydrogen (secondary N) is 1. The summed E-state index contributed by atoms with van der Waals surface area (Å²) in [7, 11) is 0. The van der Waals surface area contributed by atoms with E-state index in [2.05, 4.69) is 11.4 Å². The number of fused-ring (bicyclic) bond motifs is 2. The van der Waals surface area contributed by atoms with Crippen molar-refractivity contribution in [3.05, 3.63) is 48.0 Å². The Bertz CT molecular complexity index is 760. The number of nitrogens with zero attached hydrogens (tertiary/aromatic N) is 1. The Balaban J connectivity index is 1.44. The number of anilines is 2. The van der Waals surface area contributed by atoms with Gasteiger partial charge in [0.1, 0.15) is 13.2 Å². The van der Waals surface area contributed by atoms with Crippen LogP contribution < -0.4 is 19.7 Å². The van der Waals surface area contributed by atoms with Crippen molar-refractivity contribution in [2.45, 2.75) is 12.8 Å². The molecule has 5 nitrogen and oxygen atoms in total. The van der Waals surface area contributed by atoms with E-state index in [9.17, 15) is 4.79 Å². The summed E-state index contributed by atoms with van der Waals surface area (Å²) in [6.07, 6.45) is 2.04. The maximum Gasteiger partial charge on any atom is 0.246 e. The highest BCUT2D eigenvalue weighted by Gasteiger charge is 2.22. The molecule has 1 amide bonds. The van der Waals surface area contributed by atoms with Crippen LogP contribution in [0.2, 0.25) is 0 Å². The average molecular weight is 324 g/mol. The molecule has 0 saturated carbocycles. The first-order chi connectivity index (χ1) is 11.8. The van der Waals surface area contributed by atoms with Gasteiger partial charge in [0.25, 0.3) is 0 Å². The van der Waals surface area contributed by atoms with Gasteiger partial charge in [-0.2, -0.15) is 0 Å². The zero-order chi connectivity index (χ0) is 16.4. The quantitative estimate of drug-likeness (QED) is 0.943. The molecule has 0 atom stereocenters. The third kappa shape index (κ3) is 2.89. The lowest BCUT2D eigenvalue weighted by Gasteiger charge is -2.29. The third-order valence-corrected chi connectivity index (χ3v) is 4.40. The van der Waals surface area contributed by atoms with Crippen LogP contribution in [0.25, 0.3) is 0 Å². The lowest BCUT2D eigenvalue weighted by atomic mass is 10.0. The lowest BCUT2D eigenvalue weighted by molar-refractivity contribution is -0.117. The number of amides is 1. The molecule has 5 heteroatoms. The monoisotopic (exact) mass is 324 g/mol. The van der Waals surface area contributed by atoms with E-state index >= 15 is 0 Å². The van der Waals surface area contributed by atoms with Gasteiger partial charge in [0.15, 0.2) is 11.5 Å². The molecule has 4 rings (SSSR count). The first kappa shape index (κ1) is 14.9. The Morgan fingerprint density at radius 2 is 1.92 bits per heavy atom. The van der Waals surface area contributed by atoms with E-state index in [0.717, 1.165) is 42.3 Å². The van der Waals surface area contributed by atoms with E-state index in [1.54, 1.807) is 0 Å². The molecule has 1 N–H and O–H groups in total. The van der Waals surface area contributed by atoms with Gasteiger partial charge in [-0.15, -0.1) is 0 Å². The molecule has 24 heavy (non-hydrogen) atoms. The molecule has 0 fully saturated rings. The summed E-state index contributed by atoms with van der Waals surface area (Å²) in [5, 5.41) is 3.20. The molecule has 124 valence electrons. The smallest absolute Gasteiger partial charge is 0.246 e. The van der Waals surface area contributed by atoms with E-state index in [1.165, 1.54) is 5.56 Å². The standard InChI is InChI=1S/C19H20N2O3/c22-19(21-9-3-5-14-4-1-2-6-16(14)21)13-20-15-7-8-17-18(12-15)24-11-10-23-17/h1-2,4,6-8,12,20H,3,5,9-11,13H2. The van der Waals surface area contributed by atoms with E-state index in [4.69, 9.17) is 9.47 Å². The number of aryl methyl sites for hydroxylation is 1. The van der Waals surface area contributed by atoms with Crippen molar-refractivity contribution in [2.75, 3.05) is 36.5 Å². The van der Waals surface area contributed by atoms with Gasteiger partial charge in [0.05, 0.1) is 6.54 Å². The summed E-state index contributed by atoms with van der Waals surface area (Å²) in [6, 6.07) is 13.8. The van der Waals surface area contributed by atoms with Gasteiger partial charge < -0.3 is 19.7 Å². The van der Waals surface area contributed by atoms with Crippen LogP contribution in [0.5, 0.6) is 11.5 Å². The topological polar surface area (TPSA) is 50.8 Å². The number of carbonyl (C=O) groups is 1. The van der Waals surface area contributed by atoms with Gasteiger partial charge in [-0.05, 0) is 36.6 Å². The SMILES string of the molecule is O=C(CNc1ccc2c(c1)OCCO2)N1CCCc2ccccc21. The van der Waals surface area contributed by atoms with Crippen molar-refractivity contribution < 1.29 is 14.3 Å². The summed E-state index contributed by atoms with van der Waals surface area (Å²) in [4.78, 5) is 14.5. The van der Waals surface area contributed by atoms with Crippen LogP contribution in [0.15, 0.2) is 42.5 Å². The zero-order valence-electron chi connectivity index (χ0n) is 13.5. The van der Waals surface area contributed by atoms with Crippen molar-refractivity contribution in [3.8, 4) is 11.5 Å². The molecule has 2 heterocycles. The highest BCUT2D eigenvalue weighted by Crippen LogP contribution is 2.32. The molecule has 2 aromatic carbocycles. The lowest BCUT2D eigenvalue weighted by Crippen LogP contribution is -2.39. The number of rotatable bonds is 3. The minimum Gasteiger partial charge on any atom is -0.486 e. The summed E-state index contributed by atoms with van der Waals surface area (Å²) < 4.78 is 11.1. The molecule has 0 unspecified atom stereocenters. The molecule has 0 aliphatic carbocycles. The minimum absolute atomic E-state index is 0.0806. The predicted molar refractivity (Wildman–Crippen MR) is 93.0 cm³/mol. The first-order valence-electron chi connectivity index (χ1n) is 8.33. The molecule has 2 aliphatic heterocycles.